The van der Waals surface area contributed by atoms with E-state index in [0.29, 0.717) is 18.8 Å². The summed E-state index contributed by atoms with van der Waals surface area (Å²) < 4.78 is 5.66. The van der Waals surface area contributed by atoms with Crippen LogP contribution in [0.3, 0.4) is 0 Å². The molecule has 0 radical (unpaired) electrons. The van der Waals surface area contributed by atoms with E-state index in [1.165, 1.54) is 0 Å². The largest absolute Gasteiger partial charge is 0.492 e. The molecule has 1 saturated heterocycles. The van der Waals surface area contributed by atoms with Gasteiger partial charge in [0.05, 0.1) is 6.54 Å². The number of para-hydroxylation sites is 1. The molecule has 1 fully saturated rings. The number of fused-ring (bicyclic) bond motifs is 1. The summed E-state index contributed by atoms with van der Waals surface area (Å²) in [6.45, 7) is 4.04. The van der Waals surface area contributed by atoms with E-state index in [9.17, 15) is 4.79 Å². The number of amides is 1. The predicted molar refractivity (Wildman–Crippen MR) is 140 cm³/mol. The number of halogens is 1. The Labute approximate surface area is 209 Å². The summed E-state index contributed by atoms with van der Waals surface area (Å²) in [5.41, 5.74) is 1.44. The van der Waals surface area contributed by atoms with Gasteiger partial charge >= 0.3 is 0 Å². The van der Waals surface area contributed by atoms with Crippen molar-refractivity contribution in [3.8, 4) is 5.75 Å². The number of ether oxygens (including phenoxy) is 1. The van der Waals surface area contributed by atoms with E-state index in [-0.39, 0.29) is 5.91 Å². The van der Waals surface area contributed by atoms with Crippen molar-refractivity contribution in [2.75, 3.05) is 49.1 Å². The number of carbonyl (C=O) groups is 1. The molecule has 0 unspecified atom stereocenters. The van der Waals surface area contributed by atoms with Gasteiger partial charge in [-0.25, -0.2) is 0 Å². The van der Waals surface area contributed by atoms with E-state index < -0.39 is 0 Å². The van der Waals surface area contributed by atoms with Gasteiger partial charge in [-0.3, -0.25) is 4.79 Å². The fourth-order valence-corrected chi connectivity index (χ4v) is 4.46. The number of nitrogens with zero attached hydrogens (tertiary/aromatic N) is 4. The molecule has 0 aliphatic carbocycles. The number of hydrogen-bond donors (Lipinski definition) is 1. The highest BCUT2D eigenvalue weighted by atomic mass is 35.5. The van der Waals surface area contributed by atoms with Crippen LogP contribution in [0.5, 0.6) is 5.75 Å². The molecule has 0 bridgehead atoms. The number of carbonyl (C=O) groups excluding carboxylic acids is 1. The fourth-order valence-electron chi connectivity index (χ4n) is 4.27. The lowest BCUT2D eigenvalue weighted by molar-refractivity contribution is 0.0943. The van der Waals surface area contributed by atoms with Crippen LogP contribution in [0.2, 0.25) is 5.02 Å². The molecule has 0 atom stereocenters. The second-order valence-electron chi connectivity index (χ2n) is 8.29. The summed E-state index contributed by atoms with van der Waals surface area (Å²) in [5, 5.41) is 14.2. The van der Waals surface area contributed by atoms with Crippen molar-refractivity contribution in [2.24, 2.45) is 0 Å². The Bertz CT molecular complexity index is 1310. The first-order chi connectivity index (χ1) is 17.2. The van der Waals surface area contributed by atoms with Crippen LogP contribution in [0.25, 0.3) is 10.8 Å². The highest BCUT2D eigenvalue weighted by Crippen LogP contribution is 2.28. The van der Waals surface area contributed by atoms with Crippen molar-refractivity contribution in [1.29, 1.82) is 0 Å². The zero-order valence-electron chi connectivity index (χ0n) is 19.2. The monoisotopic (exact) mass is 487 g/mol. The van der Waals surface area contributed by atoms with Crippen LogP contribution in [0.15, 0.2) is 78.9 Å². The Balaban J connectivity index is 1.26. The van der Waals surface area contributed by atoms with Crippen LogP contribution in [-0.4, -0.2) is 55.4 Å². The highest BCUT2D eigenvalue weighted by Gasteiger charge is 2.23. The first-order valence-electron chi connectivity index (χ1n) is 11.7. The molecule has 1 aromatic heterocycles. The normalized spacial score (nSPS) is 13.6. The quantitative estimate of drug-likeness (QED) is 0.389. The second kappa shape index (κ2) is 10.6. The van der Waals surface area contributed by atoms with Gasteiger partial charge in [-0.2, -0.15) is 0 Å². The van der Waals surface area contributed by atoms with E-state index in [0.717, 1.165) is 59.2 Å². The van der Waals surface area contributed by atoms with Gasteiger partial charge in [-0.05, 0) is 30.3 Å². The first-order valence-corrected chi connectivity index (χ1v) is 12.0. The Morgan fingerprint density at radius 1 is 0.857 bits per heavy atom. The van der Waals surface area contributed by atoms with Gasteiger partial charge < -0.3 is 19.9 Å². The Kier molecular flexibility index (Phi) is 6.95. The summed E-state index contributed by atoms with van der Waals surface area (Å²) in [6.07, 6.45) is 0. The van der Waals surface area contributed by atoms with Gasteiger partial charge in [-0.15, -0.1) is 10.2 Å². The highest BCUT2D eigenvalue weighted by molar-refractivity contribution is 6.30. The van der Waals surface area contributed by atoms with Crippen LogP contribution in [-0.2, 0) is 0 Å². The summed E-state index contributed by atoms with van der Waals surface area (Å²) >= 11 is 6.17. The molecule has 4 aromatic rings. The minimum absolute atomic E-state index is 0.261. The topological polar surface area (TPSA) is 70.6 Å². The second-order valence-corrected chi connectivity index (χ2v) is 8.73. The van der Waals surface area contributed by atoms with E-state index in [1.54, 1.807) is 0 Å². The third kappa shape index (κ3) is 5.30. The molecule has 1 N–H and O–H groups in total. The van der Waals surface area contributed by atoms with E-state index >= 15 is 0 Å². The molecule has 7 nitrogen and oxygen atoms in total. The van der Waals surface area contributed by atoms with E-state index in [2.05, 4.69) is 31.4 Å². The molecule has 1 aliphatic heterocycles. The molecule has 178 valence electrons. The number of piperazine rings is 1. The average molecular weight is 488 g/mol. The maximum atomic E-state index is 12.9. The Hall–Kier alpha value is -3.84. The van der Waals surface area contributed by atoms with Crippen molar-refractivity contribution < 1.29 is 9.53 Å². The third-order valence-electron chi connectivity index (χ3n) is 6.03. The van der Waals surface area contributed by atoms with Gasteiger partial charge in [0.15, 0.2) is 11.5 Å². The van der Waals surface area contributed by atoms with Gasteiger partial charge in [0.25, 0.3) is 5.91 Å². The van der Waals surface area contributed by atoms with Crippen LogP contribution < -0.4 is 19.9 Å². The lowest BCUT2D eigenvalue weighted by Crippen LogP contribution is -2.47. The summed E-state index contributed by atoms with van der Waals surface area (Å²) in [7, 11) is 0. The number of nitrogens with one attached hydrogen (secondary N) is 1. The zero-order chi connectivity index (χ0) is 24.0. The average Bonchev–Trinajstić information content (AvgIpc) is 2.91. The molecule has 0 saturated carbocycles. The number of hydrogen-bond acceptors (Lipinski definition) is 6. The molecular formula is C27H26ClN5O2. The van der Waals surface area contributed by atoms with Crippen molar-refractivity contribution in [1.82, 2.24) is 15.5 Å². The molecular weight excluding hydrogens is 462 g/mol. The van der Waals surface area contributed by atoms with E-state index in [4.69, 9.17) is 16.3 Å². The maximum absolute atomic E-state index is 12.9. The lowest BCUT2D eigenvalue weighted by atomic mass is 10.1. The maximum Gasteiger partial charge on any atom is 0.272 e. The van der Waals surface area contributed by atoms with Gasteiger partial charge in [0, 0.05) is 47.7 Å². The van der Waals surface area contributed by atoms with Gasteiger partial charge in [-0.1, -0.05) is 60.1 Å². The molecule has 8 heteroatoms. The summed E-state index contributed by atoms with van der Waals surface area (Å²) in [5.74, 6) is 1.31. The summed E-state index contributed by atoms with van der Waals surface area (Å²) in [6, 6.07) is 25.2. The molecule has 3 aromatic carbocycles. The third-order valence-corrected chi connectivity index (χ3v) is 6.27. The van der Waals surface area contributed by atoms with Crippen LogP contribution in [0.1, 0.15) is 10.5 Å². The van der Waals surface area contributed by atoms with Crippen molar-refractivity contribution in [2.45, 2.75) is 0 Å². The SMILES string of the molecule is O=C(NCCOc1ccccc1)c1nnc(N2CCN(c3cccc(Cl)c3)CC2)c2ccccc12. The number of benzene rings is 3. The number of anilines is 2. The zero-order valence-corrected chi connectivity index (χ0v) is 20.0. The van der Waals surface area contributed by atoms with Crippen LogP contribution in [0.4, 0.5) is 11.5 Å². The fraction of sp³-hybridized carbons (Fsp3) is 0.222. The van der Waals surface area contributed by atoms with Gasteiger partial charge in [0.2, 0.25) is 0 Å². The van der Waals surface area contributed by atoms with Gasteiger partial charge in [0.1, 0.15) is 12.4 Å². The van der Waals surface area contributed by atoms with Crippen molar-refractivity contribution in [3.05, 3.63) is 89.6 Å². The number of aromatic nitrogens is 2. The molecule has 1 amide bonds. The first kappa shape index (κ1) is 22.9. The minimum Gasteiger partial charge on any atom is -0.492 e. The standard InChI is InChI=1S/C27H26ClN5O2/c28-20-7-6-8-21(19-20)32-14-16-33(17-15-32)26-24-12-5-4-11-23(24)25(30-31-26)27(34)29-13-18-35-22-9-2-1-3-10-22/h1-12,19H,13-18H2,(H,29,34). The minimum atomic E-state index is -0.261. The lowest BCUT2D eigenvalue weighted by Gasteiger charge is -2.37. The Morgan fingerprint density at radius 2 is 1.57 bits per heavy atom. The van der Waals surface area contributed by atoms with E-state index in [1.807, 2.05) is 72.8 Å². The molecule has 2 heterocycles. The molecule has 0 spiro atoms. The Morgan fingerprint density at radius 3 is 2.34 bits per heavy atom. The predicted octanol–water partition coefficient (Wildman–Crippen LogP) is 4.42. The van der Waals surface area contributed by atoms with Crippen molar-refractivity contribution in [3.63, 3.8) is 0 Å². The van der Waals surface area contributed by atoms with Crippen LogP contribution in [0, 0.1) is 0 Å². The molecule has 5 rings (SSSR count). The number of rotatable bonds is 7. The molecule has 1 aliphatic rings. The summed E-state index contributed by atoms with van der Waals surface area (Å²) in [4.78, 5) is 17.4. The van der Waals surface area contributed by atoms with Crippen molar-refractivity contribution >= 4 is 39.8 Å². The van der Waals surface area contributed by atoms with Crippen LogP contribution >= 0.6 is 11.6 Å². The smallest absolute Gasteiger partial charge is 0.272 e. The molecule has 35 heavy (non-hydrogen) atoms.